The third-order valence-corrected chi connectivity index (χ3v) is 6.56. The van der Waals surface area contributed by atoms with Gasteiger partial charge in [-0.2, -0.15) is 0 Å². The van der Waals surface area contributed by atoms with E-state index in [0.717, 1.165) is 11.3 Å². The van der Waals surface area contributed by atoms with Gasteiger partial charge in [-0.05, 0) is 43.0 Å². The molecule has 3 rings (SSSR count). The van der Waals surface area contributed by atoms with E-state index in [9.17, 15) is 18.3 Å². The summed E-state index contributed by atoms with van der Waals surface area (Å²) in [5.74, 6) is -0.0445. The summed E-state index contributed by atoms with van der Waals surface area (Å²) in [5.41, 5.74) is 1.18. The van der Waals surface area contributed by atoms with Crippen LogP contribution in [0.2, 0.25) is 0 Å². The van der Waals surface area contributed by atoms with Crippen LogP contribution in [0.4, 0.5) is 5.69 Å². The lowest BCUT2D eigenvalue weighted by atomic mass is 9.81. The second-order valence-corrected chi connectivity index (χ2v) is 8.57. The number of rotatable bonds is 5. The van der Waals surface area contributed by atoms with Gasteiger partial charge in [-0.15, -0.1) is 0 Å². The van der Waals surface area contributed by atoms with Gasteiger partial charge < -0.3 is 14.7 Å². The first-order valence-corrected chi connectivity index (χ1v) is 9.95. The topological polar surface area (TPSA) is 95.9 Å². The zero-order valence-corrected chi connectivity index (χ0v) is 15.1. The number of nitrogens with one attached hydrogen (secondary N) is 1. The van der Waals surface area contributed by atoms with Gasteiger partial charge >= 0.3 is 0 Å². The molecule has 0 aliphatic carbocycles. The Balaban J connectivity index is 1.76. The predicted octanol–water partition coefficient (Wildman–Crippen LogP) is 0.663. The molecule has 2 aliphatic rings. The quantitative estimate of drug-likeness (QED) is 0.796. The molecule has 25 heavy (non-hydrogen) atoms. The maximum Gasteiger partial charge on any atom is 0.240 e. The molecule has 1 amide bonds. The van der Waals surface area contributed by atoms with E-state index < -0.39 is 15.4 Å². The number of carbonyl (C=O) groups is 1. The average molecular weight is 368 g/mol. The third kappa shape index (κ3) is 3.72. The number of aliphatic hydroxyl groups is 1. The fourth-order valence-corrected chi connectivity index (χ4v) is 4.61. The number of ether oxygens (including phenoxy) is 1. The number of benzene rings is 1. The molecule has 138 valence electrons. The van der Waals surface area contributed by atoms with Gasteiger partial charge in [0.25, 0.3) is 0 Å². The van der Waals surface area contributed by atoms with Crippen molar-refractivity contribution in [3.8, 4) is 0 Å². The van der Waals surface area contributed by atoms with Gasteiger partial charge in [0.1, 0.15) is 0 Å². The Kier molecular flexibility index (Phi) is 5.15. The summed E-state index contributed by atoms with van der Waals surface area (Å²) in [7, 11) is -3.67. The van der Waals surface area contributed by atoms with Crippen LogP contribution < -0.4 is 9.62 Å². The van der Waals surface area contributed by atoms with Crippen LogP contribution in [-0.4, -0.2) is 52.3 Å². The van der Waals surface area contributed by atoms with E-state index in [1.54, 1.807) is 17.0 Å². The minimum Gasteiger partial charge on any atom is -0.396 e. The van der Waals surface area contributed by atoms with E-state index in [2.05, 4.69) is 4.72 Å². The maximum atomic E-state index is 12.6. The van der Waals surface area contributed by atoms with Gasteiger partial charge in [0.05, 0.1) is 11.5 Å². The maximum absolute atomic E-state index is 12.6. The highest BCUT2D eigenvalue weighted by atomic mass is 32.2. The van der Waals surface area contributed by atoms with Crippen LogP contribution in [-0.2, 0) is 26.0 Å². The number of fused-ring (bicyclic) bond motifs is 1. The average Bonchev–Trinajstić information content (AvgIpc) is 3.04. The van der Waals surface area contributed by atoms with Crippen LogP contribution in [0, 0.1) is 5.41 Å². The zero-order chi connectivity index (χ0) is 18.1. The van der Waals surface area contributed by atoms with Crippen molar-refractivity contribution in [2.45, 2.75) is 31.1 Å². The molecule has 0 bridgehead atoms. The summed E-state index contributed by atoms with van der Waals surface area (Å²) in [6.45, 7) is 3.26. The van der Waals surface area contributed by atoms with Crippen molar-refractivity contribution in [3.63, 3.8) is 0 Å². The summed E-state index contributed by atoms with van der Waals surface area (Å²) < 4.78 is 33.2. The van der Waals surface area contributed by atoms with Crippen molar-refractivity contribution in [2.24, 2.45) is 5.41 Å². The fourth-order valence-electron chi connectivity index (χ4n) is 3.40. The van der Waals surface area contributed by atoms with E-state index >= 15 is 0 Å². The van der Waals surface area contributed by atoms with Gasteiger partial charge in [-0.3, -0.25) is 4.79 Å². The molecule has 2 N–H and O–H groups in total. The number of hydrogen-bond acceptors (Lipinski definition) is 5. The number of amides is 1. The number of hydrogen-bond donors (Lipinski definition) is 2. The van der Waals surface area contributed by atoms with Crippen LogP contribution in [0.25, 0.3) is 0 Å². The fraction of sp³-hybridized carbons (Fsp3) is 0.588. The molecule has 0 saturated carbocycles. The smallest absolute Gasteiger partial charge is 0.240 e. The van der Waals surface area contributed by atoms with Gasteiger partial charge in [-0.25, -0.2) is 13.1 Å². The van der Waals surface area contributed by atoms with Crippen LogP contribution in [0.1, 0.15) is 25.3 Å². The molecule has 0 unspecified atom stereocenters. The first-order valence-electron chi connectivity index (χ1n) is 8.46. The van der Waals surface area contributed by atoms with E-state index in [1.165, 1.54) is 13.0 Å². The summed E-state index contributed by atoms with van der Waals surface area (Å²) in [4.78, 5) is 13.4. The summed E-state index contributed by atoms with van der Waals surface area (Å²) >= 11 is 0. The third-order valence-electron chi connectivity index (χ3n) is 5.16. The molecule has 1 aromatic rings. The molecule has 1 saturated heterocycles. The highest BCUT2D eigenvalue weighted by Crippen LogP contribution is 2.32. The zero-order valence-electron chi connectivity index (χ0n) is 14.3. The first kappa shape index (κ1) is 18.3. The molecule has 0 radical (unpaired) electrons. The largest absolute Gasteiger partial charge is 0.396 e. The standard InChI is InChI=1S/C17H24N2O5S/c1-13(21)19-7-4-14-10-15(2-3-16(14)19)25(22,23)18-11-17(12-20)5-8-24-9-6-17/h2-3,10,18,20H,4-9,11-12H2,1H3. The minimum atomic E-state index is -3.67. The monoisotopic (exact) mass is 368 g/mol. The van der Waals surface area contributed by atoms with Crippen molar-refractivity contribution in [2.75, 3.05) is 37.8 Å². The lowest BCUT2D eigenvalue weighted by molar-refractivity contribution is -0.116. The van der Waals surface area contributed by atoms with Gasteiger partial charge in [0, 0.05) is 44.3 Å². The Morgan fingerprint density at radius 2 is 2.08 bits per heavy atom. The molecule has 1 aromatic carbocycles. The Morgan fingerprint density at radius 3 is 2.72 bits per heavy atom. The number of aliphatic hydroxyl groups excluding tert-OH is 1. The Hall–Kier alpha value is -1.48. The van der Waals surface area contributed by atoms with E-state index in [0.29, 0.717) is 39.0 Å². The molecule has 1 fully saturated rings. The number of anilines is 1. The van der Waals surface area contributed by atoms with Crippen molar-refractivity contribution in [1.29, 1.82) is 0 Å². The van der Waals surface area contributed by atoms with E-state index in [4.69, 9.17) is 4.74 Å². The van der Waals surface area contributed by atoms with Crippen molar-refractivity contribution in [1.82, 2.24) is 4.72 Å². The Morgan fingerprint density at radius 1 is 1.36 bits per heavy atom. The van der Waals surface area contributed by atoms with Crippen LogP contribution in [0.3, 0.4) is 0 Å². The van der Waals surface area contributed by atoms with Crippen LogP contribution >= 0.6 is 0 Å². The minimum absolute atomic E-state index is 0.0445. The molecule has 2 aliphatic heterocycles. The predicted molar refractivity (Wildman–Crippen MR) is 92.9 cm³/mol. The van der Waals surface area contributed by atoms with Crippen molar-refractivity contribution in [3.05, 3.63) is 23.8 Å². The summed E-state index contributed by atoms with van der Waals surface area (Å²) in [6.07, 6.45) is 1.91. The molecule has 0 atom stereocenters. The van der Waals surface area contributed by atoms with Crippen molar-refractivity contribution < 1.29 is 23.1 Å². The summed E-state index contributed by atoms with van der Waals surface area (Å²) in [5, 5.41) is 9.69. The number of sulfonamides is 1. The first-order chi connectivity index (χ1) is 11.9. The normalized spacial score (nSPS) is 19.7. The molecule has 8 heteroatoms. The molecule has 0 aromatic heterocycles. The number of nitrogens with zero attached hydrogens (tertiary/aromatic N) is 1. The lowest BCUT2D eigenvalue weighted by Crippen LogP contribution is -2.43. The lowest BCUT2D eigenvalue weighted by Gasteiger charge is -2.35. The SMILES string of the molecule is CC(=O)N1CCc2cc(S(=O)(=O)NCC3(CO)CCOCC3)ccc21. The van der Waals surface area contributed by atoms with Crippen LogP contribution in [0.15, 0.2) is 23.1 Å². The second kappa shape index (κ2) is 7.03. The van der Waals surface area contributed by atoms with Crippen LogP contribution in [0.5, 0.6) is 0 Å². The molecule has 0 spiro atoms. The molecule has 2 heterocycles. The molecule has 7 nitrogen and oxygen atoms in total. The van der Waals surface area contributed by atoms with Gasteiger partial charge in [-0.1, -0.05) is 0 Å². The van der Waals surface area contributed by atoms with Crippen molar-refractivity contribution >= 4 is 21.6 Å². The summed E-state index contributed by atoms with van der Waals surface area (Å²) in [6, 6.07) is 4.85. The Labute approximate surface area is 148 Å². The van der Waals surface area contributed by atoms with Gasteiger partial charge in [0.2, 0.25) is 15.9 Å². The highest BCUT2D eigenvalue weighted by molar-refractivity contribution is 7.89. The van der Waals surface area contributed by atoms with E-state index in [-0.39, 0.29) is 24.0 Å². The molecular weight excluding hydrogens is 344 g/mol. The second-order valence-electron chi connectivity index (χ2n) is 6.81. The highest BCUT2D eigenvalue weighted by Gasteiger charge is 2.34. The molecular formula is C17H24N2O5S. The van der Waals surface area contributed by atoms with E-state index in [1.807, 2.05) is 0 Å². The van der Waals surface area contributed by atoms with Gasteiger partial charge in [0.15, 0.2) is 0 Å². The number of carbonyl (C=O) groups excluding carboxylic acids is 1. The Bertz CT molecular complexity index is 756.